The van der Waals surface area contributed by atoms with Crippen LogP contribution in [0.5, 0.6) is 5.75 Å². The first-order chi connectivity index (χ1) is 11.6. The summed E-state index contributed by atoms with van der Waals surface area (Å²) in [4.78, 5) is 12.0. The van der Waals surface area contributed by atoms with Gasteiger partial charge >= 0.3 is 6.03 Å². The Hall–Kier alpha value is -3.34. The maximum absolute atomic E-state index is 12.8. The second-order valence-electron chi connectivity index (χ2n) is 5.16. The van der Waals surface area contributed by atoms with Gasteiger partial charge in [0, 0.05) is 17.0 Å². The van der Waals surface area contributed by atoms with E-state index in [9.17, 15) is 14.3 Å². The predicted molar refractivity (Wildman–Crippen MR) is 93.2 cm³/mol. The molecule has 3 rings (SSSR count). The van der Waals surface area contributed by atoms with Crippen LogP contribution in [0.15, 0.2) is 66.9 Å². The molecule has 24 heavy (non-hydrogen) atoms. The van der Waals surface area contributed by atoms with Gasteiger partial charge in [0.2, 0.25) is 0 Å². The molecule has 0 bridgehead atoms. The van der Waals surface area contributed by atoms with Crippen LogP contribution in [0.4, 0.5) is 14.9 Å². The molecule has 0 aliphatic rings. The largest absolute Gasteiger partial charge is 0.507 e. The Bertz CT molecular complexity index is 905. The average molecular weight is 322 g/mol. The minimum absolute atomic E-state index is 0.160. The lowest BCUT2D eigenvalue weighted by atomic mass is 10.1. The molecule has 0 heterocycles. The van der Waals surface area contributed by atoms with Crippen molar-refractivity contribution in [2.45, 2.75) is 0 Å². The second-order valence-corrected chi connectivity index (χ2v) is 5.16. The number of hydrogen-bond donors (Lipinski definition) is 3. The van der Waals surface area contributed by atoms with Gasteiger partial charge in [0.05, 0.1) is 5.69 Å². The first-order valence-electron chi connectivity index (χ1n) is 7.34. The van der Waals surface area contributed by atoms with Crippen LogP contribution in [-0.4, -0.2) is 11.1 Å². The molecule has 0 atom stereocenters. The van der Waals surface area contributed by atoms with Gasteiger partial charge in [-0.15, -0.1) is 0 Å². The number of carbonyl (C=O) groups excluding carboxylic acids is 1. The van der Waals surface area contributed by atoms with Gasteiger partial charge in [0.25, 0.3) is 0 Å². The van der Waals surface area contributed by atoms with E-state index in [-0.39, 0.29) is 11.6 Å². The number of rotatable bonds is 3. The van der Waals surface area contributed by atoms with Crippen LogP contribution in [0.2, 0.25) is 0 Å². The van der Waals surface area contributed by atoms with Gasteiger partial charge in [-0.3, -0.25) is 0 Å². The summed E-state index contributed by atoms with van der Waals surface area (Å²) in [6.07, 6.45) is 3.14. The highest BCUT2D eigenvalue weighted by atomic mass is 19.1. The number of halogens is 1. The second kappa shape index (κ2) is 6.83. The van der Waals surface area contributed by atoms with Crippen molar-refractivity contribution in [3.63, 3.8) is 0 Å². The first-order valence-corrected chi connectivity index (χ1v) is 7.34. The Morgan fingerprint density at radius 2 is 1.67 bits per heavy atom. The number of nitrogens with one attached hydrogen (secondary N) is 2. The van der Waals surface area contributed by atoms with Crippen molar-refractivity contribution in [3.05, 3.63) is 78.2 Å². The summed E-state index contributed by atoms with van der Waals surface area (Å²) in [6, 6.07) is 15.9. The number of phenols is 1. The summed E-state index contributed by atoms with van der Waals surface area (Å²) in [5.74, 6) is -0.148. The van der Waals surface area contributed by atoms with Crippen LogP contribution < -0.4 is 10.6 Å². The fraction of sp³-hybridized carbons (Fsp3) is 0. The zero-order valence-electron chi connectivity index (χ0n) is 12.7. The van der Waals surface area contributed by atoms with Crippen molar-refractivity contribution in [1.29, 1.82) is 0 Å². The Kier molecular flexibility index (Phi) is 4.43. The quantitative estimate of drug-likeness (QED) is 0.666. The number of urea groups is 1. The number of carbonyl (C=O) groups is 1. The van der Waals surface area contributed by atoms with Gasteiger partial charge in [0.15, 0.2) is 0 Å². The zero-order valence-corrected chi connectivity index (χ0v) is 12.7. The van der Waals surface area contributed by atoms with E-state index in [1.807, 2.05) is 6.07 Å². The molecule has 0 saturated carbocycles. The number of benzene rings is 3. The zero-order chi connectivity index (χ0) is 16.9. The van der Waals surface area contributed by atoms with E-state index in [0.717, 1.165) is 10.9 Å². The summed E-state index contributed by atoms with van der Waals surface area (Å²) < 4.78 is 12.8. The lowest BCUT2D eigenvalue weighted by Gasteiger charge is -2.09. The van der Waals surface area contributed by atoms with Crippen molar-refractivity contribution in [1.82, 2.24) is 5.32 Å². The highest BCUT2D eigenvalue weighted by Gasteiger charge is 2.06. The van der Waals surface area contributed by atoms with Gasteiger partial charge < -0.3 is 15.7 Å². The summed E-state index contributed by atoms with van der Waals surface area (Å²) >= 11 is 0. The monoisotopic (exact) mass is 322 g/mol. The molecule has 0 aromatic heterocycles. The fourth-order valence-corrected chi connectivity index (χ4v) is 2.35. The summed E-state index contributed by atoms with van der Waals surface area (Å²) in [6.45, 7) is 0. The molecule has 0 saturated heterocycles. The van der Waals surface area contributed by atoms with Crippen LogP contribution in [-0.2, 0) is 0 Å². The summed E-state index contributed by atoms with van der Waals surface area (Å²) in [7, 11) is 0. The lowest BCUT2D eigenvalue weighted by Crippen LogP contribution is -2.23. The van der Waals surface area contributed by atoms with E-state index in [1.165, 1.54) is 18.3 Å². The van der Waals surface area contributed by atoms with Crippen molar-refractivity contribution < 1.29 is 14.3 Å². The van der Waals surface area contributed by atoms with Crippen LogP contribution in [0.1, 0.15) is 5.56 Å². The molecule has 5 heteroatoms. The fourth-order valence-electron chi connectivity index (χ4n) is 2.35. The first kappa shape index (κ1) is 15.6. The Morgan fingerprint density at radius 1 is 0.958 bits per heavy atom. The number of phenolic OH excluding ortho intramolecular Hbond substituents is 1. The number of amides is 2. The number of anilines is 1. The normalized spacial score (nSPS) is 10.9. The Labute approximate surface area is 138 Å². The molecule has 4 nitrogen and oxygen atoms in total. The number of aromatic hydroxyl groups is 1. The van der Waals surface area contributed by atoms with E-state index in [2.05, 4.69) is 10.6 Å². The summed E-state index contributed by atoms with van der Waals surface area (Å²) in [5.41, 5.74) is 1.36. The molecule has 0 radical (unpaired) electrons. The molecular weight excluding hydrogens is 307 g/mol. The van der Waals surface area contributed by atoms with E-state index in [0.29, 0.717) is 11.1 Å². The van der Waals surface area contributed by atoms with E-state index < -0.39 is 6.03 Å². The molecule has 0 aliphatic carbocycles. The molecule has 3 aromatic carbocycles. The van der Waals surface area contributed by atoms with Crippen LogP contribution in [0.3, 0.4) is 0 Å². The molecule has 2 amide bonds. The minimum atomic E-state index is -0.413. The van der Waals surface area contributed by atoms with Crippen molar-refractivity contribution in [2.24, 2.45) is 0 Å². The van der Waals surface area contributed by atoms with Gasteiger partial charge in [-0.2, -0.15) is 0 Å². The SMILES string of the molecule is O=C(N/C=C/c1ccc(F)cc1)Nc1cccc2c(O)cccc12. The third-order valence-corrected chi connectivity index (χ3v) is 3.51. The Balaban J connectivity index is 1.69. The highest BCUT2D eigenvalue weighted by molar-refractivity contribution is 6.03. The average Bonchev–Trinajstić information content (AvgIpc) is 2.58. The maximum Gasteiger partial charge on any atom is 0.323 e. The lowest BCUT2D eigenvalue weighted by molar-refractivity contribution is 0.255. The minimum Gasteiger partial charge on any atom is -0.507 e. The summed E-state index contributed by atoms with van der Waals surface area (Å²) in [5, 5.41) is 16.6. The van der Waals surface area contributed by atoms with Crippen molar-refractivity contribution in [3.8, 4) is 5.75 Å². The van der Waals surface area contributed by atoms with E-state index in [1.54, 1.807) is 48.5 Å². The maximum atomic E-state index is 12.8. The van der Waals surface area contributed by atoms with E-state index >= 15 is 0 Å². The third kappa shape index (κ3) is 3.52. The number of hydrogen-bond acceptors (Lipinski definition) is 2. The molecule has 0 fully saturated rings. The molecule has 0 spiro atoms. The van der Waals surface area contributed by atoms with Gasteiger partial charge in [-0.1, -0.05) is 36.4 Å². The van der Waals surface area contributed by atoms with Crippen LogP contribution in [0, 0.1) is 5.82 Å². The molecule has 3 N–H and O–H groups in total. The molecular formula is C19H15FN2O2. The van der Waals surface area contributed by atoms with Gasteiger partial charge in [-0.05, 0) is 35.9 Å². The number of fused-ring (bicyclic) bond motifs is 1. The van der Waals surface area contributed by atoms with E-state index in [4.69, 9.17) is 0 Å². The predicted octanol–water partition coefficient (Wildman–Crippen LogP) is 4.48. The standard InChI is InChI=1S/C19H15FN2O2/c20-14-9-7-13(8-10-14)11-12-21-19(24)22-17-5-1-4-16-15(17)3-2-6-18(16)23/h1-12,23H,(H2,21,22,24)/b12-11+. The third-order valence-electron chi connectivity index (χ3n) is 3.51. The highest BCUT2D eigenvalue weighted by Crippen LogP contribution is 2.29. The molecule has 0 unspecified atom stereocenters. The van der Waals surface area contributed by atoms with Crippen LogP contribution in [0.25, 0.3) is 16.8 Å². The molecule has 120 valence electrons. The topological polar surface area (TPSA) is 61.4 Å². The van der Waals surface area contributed by atoms with Crippen molar-refractivity contribution in [2.75, 3.05) is 5.32 Å². The molecule has 0 aliphatic heterocycles. The van der Waals surface area contributed by atoms with Crippen LogP contribution >= 0.6 is 0 Å². The molecule has 3 aromatic rings. The smallest absolute Gasteiger partial charge is 0.323 e. The van der Waals surface area contributed by atoms with Gasteiger partial charge in [0.1, 0.15) is 11.6 Å². The van der Waals surface area contributed by atoms with Crippen molar-refractivity contribution >= 4 is 28.6 Å². The Morgan fingerprint density at radius 3 is 2.46 bits per heavy atom. The van der Waals surface area contributed by atoms with Gasteiger partial charge in [-0.25, -0.2) is 9.18 Å².